The molecule has 0 radical (unpaired) electrons. The molecule has 2 aromatic carbocycles. The number of hydrogen-bond donors (Lipinski definition) is 0. The molecule has 122 valence electrons. The number of fused-ring (bicyclic) bond motifs is 1. The van der Waals surface area contributed by atoms with Crippen molar-refractivity contribution >= 4 is 28.3 Å². The summed E-state index contributed by atoms with van der Waals surface area (Å²) in [5.74, 6) is -1.16. The lowest BCUT2D eigenvalue weighted by molar-refractivity contribution is 0.0465. The van der Waals surface area contributed by atoms with Crippen LogP contribution in [0.1, 0.15) is 16.1 Å². The van der Waals surface area contributed by atoms with Gasteiger partial charge < -0.3 is 4.74 Å². The third-order valence-corrected chi connectivity index (χ3v) is 3.88. The van der Waals surface area contributed by atoms with Gasteiger partial charge in [-0.05, 0) is 18.2 Å². The Morgan fingerprint density at radius 3 is 2.67 bits per heavy atom. The summed E-state index contributed by atoms with van der Waals surface area (Å²) >= 11 is 5.91. The number of benzene rings is 2. The molecule has 7 heteroatoms. The summed E-state index contributed by atoms with van der Waals surface area (Å²) in [5, 5.41) is 4.94. The van der Waals surface area contributed by atoms with Crippen LogP contribution in [0.3, 0.4) is 0 Å². The molecule has 3 aromatic rings. The molecular weight excluding hydrogens is 335 g/mol. The molecule has 1 aromatic heterocycles. The van der Waals surface area contributed by atoms with Crippen LogP contribution in [-0.4, -0.2) is 15.7 Å². The Labute approximate surface area is 141 Å². The molecule has 0 atom stereocenters. The Kier molecular flexibility index (Phi) is 4.31. The second-order valence-corrected chi connectivity index (χ2v) is 5.54. The molecule has 0 amide bonds. The Morgan fingerprint density at radius 1 is 1.25 bits per heavy atom. The lowest BCUT2D eigenvalue weighted by Crippen LogP contribution is -2.23. The zero-order chi connectivity index (χ0) is 17.3. The Balaban J connectivity index is 1.92. The van der Waals surface area contributed by atoms with Crippen LogP contribution in [0.2, 0.25) is 5.02 Å². The van der Waals surface area contributed by atoms with Crippen LogP contribution in [-0.2, 0) is 18.4 Å². The summed E-state index contributed by atoms with van der Waals surface area (Å²) in [6, 6.07) is 10.5. The summed E-state index contributed by atoms with van der Waals surface area (Å²) in [4.78, 5) is 24.4. The van der Waals surface area contributed by atoms with Gasteiger partial charge in [-0.1, -0.05) is 35.9 Å². The predicted molar refractivity (Wildman–Crippen MR) is 87.5 cm³/mol. The minimum absolute atomic E-state index is 0.0333. The molecule has 0 bridgehead atoms. The zero-order valence-electron chi connectivity index (χ0n) is 12.6. The van der Waals surface area contributed by atoms with Gasteiger partial charge in [0.05, 0.1) is 10.4 Å². The standard InChI is InChI=1S/C17H12ClFN2O3/c1-21-16(22)13-5-3-2-4-12(13)15(20-21)17(23)24-9-10-6-7-11(19)8-14(10)18/h2-8H,9H2,1H3. The number of aromatic nitrogens is 2. The molecular formula is C17H12ClFN2O3. The van der Waals surface area contributed by atoms with Crippen molar-refractivity contribution in [3.8, 4) is 0 Å². The molecule has 24 heavy (non-hydrogen) atoms. The van der Waals surface area contributed by atoms with E-state index < -0.39 is 11.8 Å². The Morgan fingerprint density at radius 2 is 1.96 bits per heavy atom. The first kappa shape index (κ1) is 16.1. The van der Waals surface area contributed by atoms with E-state index in [9.17, 15) is 14.0 Å². The lowest BCUT2D eigenvalue weighted by atomic mass is 10.1. The first-order valence-corrected chi connectivity index (χ1v) is 7.42. The largest absolute Gasteiger partial charge is 0.456 e. The summed E-state index contributed by atoms with van der Waals surface area (Å²) < 4.78 is 19.3. The minimum Gasteiger partial charge on any atom is -0.456 e. The third-order valence-electron chi connectivity index (χ3n) is 3.52. The van der Waals surface area contributed by atoms with Crippen molar-refractivity contribution in [2.24, 2.45) is 7.05 Å². The topological polar surface area (TPSA) is 61.2 Å². The van der Waals surface area contributed by atoms with E-state index in [2.05, 4.69) is 5.10 Å². The van der Waals surface area contributed by atoms with Crippen LogP contribution in [0, 0.1) is 5.82 Å². The van der Waals surface area contributed by atoms with E-state index in [0.717, 1.165) is 10.7 Å². The fraction of sp³-hybridized carbons (Fsp3) is 0.118. The van der Waals surface area contributed by atoms with Crippen LogP contribution < -0.4 is 5.56 Å². The van der Waals surface area contributed by atoms with Crippen LogP contribution >= 0.6 is 11.6 Å². The van der Waals surface area contributed by atoms with Gasteiger partial charge in [-0.3, -0.25) is 4.79 Å². The van der Waals surface area contributed by atoms with E-state index in [1.165, 1.54) is 19.2 Å². The van der Waals surface area contributed by atoms with Gasteiger partial charge in [-0.2, -0.15) is 5.10 Å². The van der Waals surface area contributed by atoms with E-state index in [4.69, 9.17) is 16.3 Å². The summed E-state index contributed by atoms with van der Waals surface area (Å²) in [7, 11) is 1.46. The van der Waals surface area contributed by atoms with Crippen molar-refractivity contribution in [2.45, 2.75) is 6.61 Å². The smallest absolute Gasteiger partial charge is 0.359 e. The molecule has 0 unspecified atom stereocenters. The highest BCUT2D eigenvalue weighted by Gasteiger charge is 2.17. The average Bonchev–Trinajstić information content (AvgIpc) is 2.57. The summed E-state index contributed by atoms with van der Waals surface area (Å²) in [6.07, 6.45) is 0. The van der Waals surface area contributed by atoms with Gasteiger partial charge in [0.1, 0.15) is 12.4 Å². The summed E-state index contributed by atoms with van der Waals surface area (Å²) in [6.45, 7) is -0.128. The van der Waals surface area contributed by atoms with E-state index >= 15 is 0 Å². The number of hydrogen-bond acceptors (Lipinski definition) is 4. The molecule has 0 saturated heterocycles. The zero-order valence-corrected chi connectivity index (χ0v) is 13.4. The summed E-state index contributed by atoms with van der Waals surface area (Å²) in [5.41, 5.74) is 0.204. The van der Waals surface area contributed by atoms with Crippen LogP contribution in [0.25, 0.3) is 10.8 Å². The van der Waals surface area contributed by atoms with Crippen molar-refractivity contribution in [1.82, 2.24) is 9.78 Å². The number of carbonyl (C=O) groups excluding carboxylic acids is 1. The number of halogens is 2. The van der Waals surface area contributed by atoms with Crippen molar-refractivity contribution in [1.29, 1.82) is 0 Å². The van der Waals surface area contributed by atoms with Crippen LogP contribution in [0.15, 0.2) is 47.3 Å². The van der Waals surface area contributed by atoms with Crippen molar-refractivity contribution in [2.75, 3.05) is 0 Å². The van der Waals surface area contributed by atoms with Gasteiger partial charge in [0.25, 0.3) is 5.56 Å². The second-order valence-electron chi connectivity index (χ2n) is 5.13. The lowest BCUT2D eigenvalue weighted by Gasteiger charge is -2.09. The number of carbonyl (C=O) groups is 1. The highest BCUT2D eigenvalue weighted by Crippen LogP contribution is 2.19. The first-order chi connectivity index (χ1) is 11.5. The van der Waals surface area contributed by atoms with Crippen molar-refractivity contribution in [3.63, 3.8) is 0 Å². The highest BCUT2D eigenvalue weighted by molar-refractivity contribution is 6.31. The van der Waals surface area contributed by atoms with E-state index in [1.54, 1.807) is 24.3 Å². The molecule has 0 aliphatic heterocycles. The molecule has 3 rings (SSSR count). The number of rotatable bonds is 3. The monoisotopic (exact) mass is 346 g/mol. The molecule has 0 N–H and O–H groups in total. The molecule has 1 heterocycles. The quantitative estimate of drug-likeness (QED) is 0.684. The van der Waals surface area contributed by atoms with Gasteiger partial charge in [-0.15, -0.1) is 0 Å². The second kappa shape index (κ2) is 6.41. The fourth-order valence-electron chi connectivity index (χ4n) is 2.30. The SMILES string of the molecule is Cn1nc(C(=O)OCc2ccc(F)cc2Cl)c2ccccc2c1=O. The number of nitrogens with zero attached hydrogens (tertiary/aromatic N) is 2. The number of ether oxygens (including phenoxy) is 1. The predicted octanol–water partition coefficient (Wildman–Crippen LogP) is 3.08. The van der Waals surface area contributed by atoms with Crippen molar-refractivity contribution < 1.29 is 13.9 Å². The first-order valence-electron chi connectivity index (χ1n) is 7.04. The van der Waals surface area contributed by atoms with E-state index in [0.29, 0.717) is 16.3 Å². The van der Waals surface area contributed by atoms with Crippen LogP contribution in [0.4, 0.5) is 4.39 Å². The maximum atomic E-state index is 13.0. The molecule has 5 nitrogen and oxygen atoms in total. The minimum atomic E-state index is -0.692. The molecule has 0 spiro atoms. The maximum Gasteiger partial charge on any atom is 0.359 e. The van der Waals surface area contributed by atoms with Gasteiger partial charge in [-0.25, -0.2) is 13.9 Å². The van der Waals surface area contributed by atoms with Gasteiger partial charge in [0.15, 0.2) is 5.69 Å². The van der Waals surface area contributed by atoms with Crippen LogP contribution in [0.5, 0.6) is 0 Å². The highest BCUT2D eigenvalue weighted by atomic mass is 35.5. The molecule has 0 aliphatic carbocycles. The average molecular weight is 347 g/mol. The Hall–Kier alpha value is -2.73. The molecule has 0 saturated carbocycles. The third kappa shape index (κ3) is 3.00. The Bertz CT molecular complexity index is 1000. The molecule has 0 fully saturated rings. The normalized spacial score (nSPS) is 10.8. The van der Waals surface area contributed by atoms with Gasteiger partial charge in [0.2, 0.25) is 0 Å². The number of aryl methyl sites for hydroxylation is 1. The fourth-order valence-corrected chi connectivity index (χ4v) is 2.52. The van der Waals surface area contributed by atoms with Crippen molar-refractivity contribution in [3.05, 3.63) is 74.9 Å². The number of esters is 1. The maximum absolute atomic E-state index is 13.0. The van der Waals surface area contributed by atoms with Gasteiger partial charge in [0, 0.05) is 18.0 Å². The van der Waals surface area contributed by atoms with E-state index in [-0.39, 0.29) is 22.9 Å². The van der Waals surface area contributed by atoms with E-state index in [1.807, 2.05) is 0 Å². The van der Waals surface area contributed by atoms with Gasteiger partial charge >= 0.3 is 5.97 Å². The molecule has 0 aliphatic rings.